The molecule has 0 aliphatic rings. The number of aryl methyl sites for hydroxylation is 2. The molecule has 0 saturated heterocycles. The molecule has 3 aromatic rings. The number of fused-ring (bicyclic) bond motifs is 1. The molecule has 0 bridgehead atoms. The van der Waals surface area contributed by atoms with Crippen molar-refractivity contribution in [2.24, 2.45) is 0 Å². The molecule has 0 radical (unpaired) electrons. The van der Waals surface area contributed by atoms with E-state index in [2.05, 4.69) is 55.3 Å². The van der Waals surface area contributed by atoms with Crippen LogP contribution in [-0.2, 0) is 13.0 Å². The Hall–Kier alpha value is -1.98. The number of benzene rings is 1. The molecule has 3 rings (SSSR count). The van der Waals surface area contributed by atoms with Crippen LogP contribution < -0.4 is 5.56 Å². The minimum Gasteiger partial charge on any atom is -0.302 e. The Morgan fingerprint density at radius 3 is 2.42 bits per heavy atom. The van der Waals surface area contributed by atoms with Gasteiger partial charge < -0.3 is 4.90 Å². The first kappa shape index (κ1) is 18.8. The highest BCUT2D eigenvalue weighted by Crippen LogP contribution is 2.31. The van der Waals surface area contributed by atoms with E-state index in [0.29, 0.717) is 6.54 Å². The molecule has 0 aliphatic carbocycles. The van der Waals surface area contributed by atoms with Gasteiger partial charge in [0.15, 0.2) is 0 Å². The molecule has 0 aliphatic heterocycles. The second kappa shape index (κ2) is 8.14. The average Bonchev–Trinajstić information content (AvgIpc) is 3.08. The van der Waals surface area contributed by atoms with Gasteiger partial charge in [-0.05, 0) is 37.6 Å². The fourth-order valence-corrected chi connectivity index (χ4v) is 4.29. The fraction of sp³-hybridized carbons (Fsp3) is 0.429. The van der Waals surface area contributed by atoms with Crippen molar-refractivity contribution in [3.05, 3.63) is 51.4 Å². The zero-order chi connectivity index (χ0) is 18.7. The predicted molar refractivity (Wildman–Crippen MR) is 111 cm³/mol. The molecule has 1 aromatic carbocycles. The Bertz CT molecular complexity index is 936. The third kappa shape index (κ3) is 3.60. The molecule has 2 aromatic heterocycles. The van der Waals surface area contributed by atoms with Crippen molar-refractivity contribution in [3.63, 3.8) is 0 Å². The van der Waals surface area contributed by atoms with Gasteiger partial charge in [-0.2, -0.15) is 0 Å². The maximum absolute atomic E-state index is 13.2. The standard InChI is InChI=1S/C21H27N3OS/c1-5-16-8-10-17(11-9-16)18-14-26-20-19(18)21(25)24(15(4)22-20)13-12-23(6-2)7-3/h8-11,14H,5-7,12-13H2,1-4H3. The van der Waals surface area contributed by atoms with Gasteiger partial charge in [0.05, 0.1) is 5.39 Å². The molecule has 0 spiro atoms. The second-order valence-electron chi connectivity index (χ2n) is 6.52. The lowest BCUT2D eigenvalue weighted by Gasteiger charge is -2.19. The van der Waals surface area contributed by atoms with E-state index < -0.39 is 0 Å². The van der Waals surface area contributed by atoms with Crippen LogP contribution in [0.1, 0.15) is 32.2 Å². The predicted octanol–water partition coefficient (Wildman–Crippen LogP) is 4.34. The highest BCUT2D eigenvalue weighted by Gasteiger charge is 2.15. The van der Waals surface area contributed by atoms with Gasteiger partial charge >= 0.3 is 0 Å². The molecular weight excluding hydrogens is 342 g/mol. The van der Waals surface area contributed by atoms with Gasteiger partial charge in [-0.15, -0.1) is 11.3 Å². The van der Waals surface area contributed by atoms with Crippen molar-refractivity contribution in [1.82, 2.24) is 14.5 Å². The molecule has 0 N–H and O–H groups in total. The average molecular weight is 370 g/mol. The van der Waals surface area contributed by atoms with Gasteiger partial charge in [-0.3, -0.25) is 9.36 Å². The Kier molecular flexibility index (Phi) is 5.89. The van der Waals surface area contributed by atoms with Crippen LogP contribution in [0.2, 0.25) is 0 Å². The van der Waals surface area contributed by atoms with Gasteiger partial charge in [0.1, 0.15) is 10.7 Å². The number of hydrogen-bond donors (Lipinski definition) is 0. The molecule has 2 heterocycles. The molecule has 0 saturated carbocycles. The summed E-state index contributed by atoms with van der Waals surface area (Å²) in [5.74, 6) is 0.796. The number of likely N-dealkylation sites (N-methyl/N-ethyl adjacent to an activating group) is 1. The summed E-state index contributed by atoms with van der Waals surface area (Å²) in [5, 5.41) is 2.82. The van der Waals surface area contributed by atoms with Crippen LogP contribution in [0, 0.1) is 6.92 Å². The van der Waals surface area contributed by atoms with Crippen LogP contribution in [0.15, 0.2) is 34.4 Å². The van der Waals surface area contributed by atoms with E-state index in [1.54, 1.807) is 11.3 Å². The number of rotatable bonds is 7. The summed E-state index contributed by atoms with van der Waals surface area (Å²) in [4.78, 5) is 21.1. The first-order valence-electron chi connectivity index (χ1n) is 9.39. The lowest BCUT2D eigenvalue weighted by molar-refractivity contribution is 0.288. The molecule has 0 atom stereocenters. The fourth-order valence-electron chi connectivity index (χ4n) is 3.30. The third-order valence-electron chi connectivity index (χ3n) is 5.09. The molecule has 4 nitrogen and oxygen atoms in total. The summed E-state index contributed by atoms with van der Waals surface area (Å²) < 4.78 is 1.83. The summed E-state index contributed by atoms with van der Waals surface area (Å²) in [7, 11) is 0. The van der Waals surface area contributed by atoms with Gasteiger partial charge in [0, 0.05) is 24.0 Å². The maximum atomic E-state index is 13.2. The van der Waals surface area contributed by atoms with Gasteiger partial charge in [0.25, 0.3) is 5.56 Å². The van der Waals surface area contributed by atoms with Gasteiger partial charge in [-0.1, -0.05) is 45.0 Å². The topological polar surface area (TPSA) is 38.1 Å². The minimum absolute atomic E-state index is 0.0791. The van der Waals surface area contributed by atoms with Crippen LogP contribution >= 0.6 is 11.3 Å². The smallest absolute Gasteiger partial charge is 0.262 e. The van der Waals surface area contributed by atoms with E-state index in [1.807, 2.05) is 11.5 Å². The van der Waals surface area contributed by atoms with E-state index in [-0.39, 0.29) is 5.56 Å². The van der Waals surface area contributed by atoms with Crippen molar-refractivity contribution >= 4 is 21.6 Å². The largest absolute Gasteiger partial charge is 0.302 e. The summed E-state index contributed by atoms with van der Waals surface area (Å²) in [5.41, 5.74) is 3.47. The van der Waals surface area contributed by atoms with E-state index in [9.17, 15) is 4.79 Å². The van der Waals surface area contributed by atoms with Crippen LogP contribution in [0.5, 0.6) is 0 Å². The molecular formula is C21H27N3OS. The van der Waals surface area contributed by atoms with E-state index in [0.717, 1.165) is 53.2 Å². The summed E-state index contributed by atoms with van der Waals surface area (Å²) >= 11 is 1.55. The molecule has 138 valence electrons. The Morgan fingerprint density at radius 1 is 1.12 bits per heavy atom. The monoisotopic (exact) mass is 369 g/mol. The number of nitrogens with zero attached hydrogens (tertiary/aromatic N) is 3. The van der Waals surface area contributed by atoms with Crippen molar-refractivity contribution < 1.29 is 0 Å². The highest BCUT2D eigenvalue weighted by molar-refractivity contribution is 7.17. The molecule has 26 heavy (non-hydrogen) atoms. The Morgan fingerprint density at radius 2 is 1.81 bits per heavy atom. The lowest BCUT2D eigenvalue weighted by Crippen LogP contribution is -2.32. The number of hydrogen-bond acceptors (Lipinski definition) is 4. The molecule has 0 unspecified atom stereocenters. The SMILES string of the molecule is CCc1ccc(-c2csc3nc(C)n(CCN(CC)CC)c(=O)c23)cc1. The summed E-state index contributed by atoms with van der Waals surface area (Å²) in [6.07, 6.45) is 1.02. The molecule has 5 heteroatoms. The highest BCUT2D eigenvalue weighted by atomic mass is 32.1. The summed E-state index contributed by atoms with van der Waals surface area (Å²) in [6, 6.07) is 8.50. The van der Waals surface area contributed by atoms with Crippen LogP contribution in [0.3, 0.4) is 0 Å². The zero-order valence-electron chi connectivity index (χ0n) is 16.1. The number of aromatic nitrogens is 2. The normalized spacial score (nSPS) is 11.6. The van der Waals surface area contributed by atoms with Crippen molar-refractivity contribution in [1.29, 1.82) is 0 Å². The minimum atomic E-state index is 0.0791. The van der Waals surface area contributed by atoms with Crippen molar-refractivity contribution in [3.8, 4) is 11.1 Å². The van der Waals surface area contributed by atoms with Gasteiger partial charge in [-0.25, -0.2) is 4.98 Å². The first-order valence-corrected chi connectivity index (χ1v) is 10.3. The second-order valence-corrected chi connectivity index (χ2v) is 7.38. The van der Waals surface area contributed by atoms with E-state index in [1.165, 1.54) is 5.56 Å². The lowest BCUT2D eigenvalue weighted by atomic mass is 10.0. The molecule has 0 fully saturated rings. The summed E-state index contributed by atoms with van der Waals surface area (Å²) in [6.45, 7) is 11.9. The third-order valence-corrected chi connectivity index (χ3v) is 5.96. The van der Waals surface area contributed by atoms with Crippen molar-refractivity contribution in [2.75, 3.05) is 19.6 Å². The Balaban J connectivity index is 2.04. The number of thiophene rings is 1. The van der Waals surface area contributed by atoms with E-state index in [4.69, 9.17) is 4.98 Å². The quantitative estimate of drug-likeness (QED) is 0.622. The maximum Gasteiger partial charge on any atom is 0.262 e. The van der Waals surface area contributed by atoms with E-state index >= 15 is 0 Å². The zero-order valence-corrected chi connectivity index (χ0v) is 16.9. The van der Waals surface area contributed by atoms with Crippen LogP contribution in [0.4, 0.5) is 0 Å². The van der Waals surface area contributed by atoms with Crippen molar-refractivity contribution in [2.45, 2.75) is 40.7 Å². The van der Waals surface area contributed by atoms with Crippen LogP contribution in [-0.4, -0.2) is 34.1 Å². The van der Waals surface area contributed by atoms with Crippen LogP contribution in [0.25, 0.3) is 21.3 Å². The van der Waals surface area contributed by atoms with Gasteiger partial charge in [0.2, 0.25) is 0 Å². The first-order chi connectivity index (χ1) is 12.6. The Labute approximate surface area is 159 Å². The molecule has 0 amide bonds.